The molecule has 2 rings (SSSR count). The number of benzene rings is 1. The van der Waals surface area contributed by atoms with Gasteiger partial charge in [-0.1, -0.05) is 32.4 Å². The molecular formula is C20H31F2N. The minimum atomic E-state index is -2.37. The fraction of sp³-hybridized carbons (Fsp3) is 0.700. The van der Waals surface area contributed by atoms with Crippen LogP contribution in [0, 0.1) is 0 Å². The Kier molecular flexibility index (Phi) is 6.58. The van der Waals surface area contributed by atoms with E-state index in [1.165, 1.54) is 0 Å². The molecule has 130 valence electrons. The minimum Gasteiger partial charge on any atom is -0.301 e. The summed E-state index contributed by atoms with van der Waals surface area (Å²) >= 11 is 0. The molecule has 0 N–H and O–H groups in total. The van der Waals surface area contributed by atoms with Gasteiger partial charge in [0.05, 0.1) is 0 Å². The van der Waals surface area contributed by atoms with E-state index in [1.54, 1.807) is 6.07 Å². The van der Waals surface area contributed by atoms with Crippen molar-refractivity contribution in [2.45, 2.75) is 77.7 Å². The van der Waals surface area contributed by atoms with Gasteiger partial charge in [-0.3, -0.25) is 0 Å². The first-order valence-corrected chi connectivity index (χ1v) is 9.10. The largest absolute Gasteiger partial charge is 0.301 e. The van der Waals surface area contributed by atoms with Crippen molar-refractivity contribution in [2.75, 3.05) is 13.1 Å². The molecule has 0 radical (unpaired) electrons. The first-order chi connectivity index (χ1) is 10.9. The van der Waals surface area contributed by atoms with Gasteiger partial charge in [0.15, 0.2) is 0 Å². The molecule has 0 saturated carbocycles. The number of alkyl halides is 2. The predicted octanol–water partition coefficient (Wildman–Crippen LogP) is 6.12. The van der Waals surface area contributed by atoms with Gasteiger partial charge >= 0.3 is 0 Å². The molecule has 1 nitrogen and oxygen atoms in total. The first-order valence-electron chi connectivity index (χ1n) is 9.10. The zero-order chi connectivity index (χ0) is 17.0. The Morgan fingerprint density at radius 3 is 2.30 bits per heavy atom. The molecule has 0 aromatic heterocycles. The van der Waals surface area contributed by atoms with Crippen molar-refractivity contribution >= 4 is 0 Å². The molecule has 1 aromatic rings. The van der Waals surface area contributed by atoms with Crippen LogP contribution >= 0.6 is 0 Å². The third-order valence-corrected chi connectivity index (χ3v) is 5.34. The highest BCUT2D eigenvalue weighted by atomic mass is 19.3. The molecule has 0 amide bonds. The Hall–Kier alpha value is -0.960. The second-order valence-electron chi connectivity index (χ2n) is 7.28. The van der Waals surface area contributed by atoms with Crippen LogP contribution < -0.4 is 0 Å². The Morgan fingerprint density at radius 1 is 1.13 bits per heavy atom. The SMILES string of the molecule is CCCC(C)c1ccc(C2CCN(C(C)C)CC2)c(C(F)F)c1. The van der Waals surface area contributed by atoms with Crippen LogP contribution in [-0.2, 0) is 0 Å². The zero-order valence-electron chi connectivity index (χ0n) is 15.0. The summed E-state index contributed by atoms with van der Waals surface area (Å²) in [6.07, 6.45) is 1.74. The maximum Gasteiger partial charge on any atom is 0.264 e. The molecule has 1 aliphatic heterocycles. The smallest absolute Gasteiger partial charge is 0.264 e. The highest BCUT2D eigenvalue weighted by Crippen LogP contribution is 2.37. The third kappa shape index (κ3) is 4.53. The number of nitrogens with zero attached hydrogens (tertiary/aromatic N) is 1. The lowest BCUT2D eigenvalue weighted by molar-refractivity contribution is 0.145. The van der Waals surface area contributed by atoms with E-state index in [2.05, 4.69) is 38.7 Å². The van der Waals surface area contributed by atoms with Crippen molar-refractivity contribution in [2.24, 2.45) is 0 Å². The second kappa shape index (κ2) is 8.23. The molecular weight excluding hydrogens is 292 g/mol. The summed E-state index contributed by atoms with van der Waals surface area (Å²) in [4.78, 5) is 2.44. The molecule has 1 aromatic carbocycles. The lowest BCUT2D eigenvalue weighted by atomic mass is 9.84. The number of piperidine rings is 1. The van der Waals surface area contributed by atoms with Crippen LogP contribution in [0.5, 0.6) is 0 Å². The van der Waals surface area contributed by atoms with Crippen molar-refractivity contribution in [3.8, 4) is 0 Å². The Bertz CT molecular complexity index is 490. The van der Waals surface area contributed by atoms with Gasteiger partial charge in [-0.05, 0) is 75.2 Å². The minimum absolute atomic E-state index is 0.272. The lowest BCUT2D eigenvalue weighted by Gasteiger charge is -2.35. The summed E-state index contributed by atoms with van der Waals surface area (Å²) in [5.41, 5.74) is 2.22. The molecule has 1 saturated heterocycles. The fourth-order valence-corrected chi connectivity index (χ4v) is 3.79. The summed E-state index contributed by atoms with van der Waals surface area (Å²) in [6, 6.07) is 6.38. The number of rotatable bonds is 6. The van der Waals surface area contributed by atoms with Crippen LogP contribution in [0.15, 0.2) is 18.2 Å². The maximum absolute atomic E-state index is 13.6. The number of halogens is 2. The van der Waals surface area contributed by atoms with E-state index in [0.717, 1.165) is 49.9 Å². The molecule has 0 spiro atoms. The molecule has 1 fully saturated rings. The Labute approximate surface area is 140 Å². The van der Waals surface area contributed by atoms with Gasteiger partial charge in [0.25, 0.3) is 6.43 Å². The molecule has 1 atom stereocenters. The molecule has 1 heterocycles. The van der Waals surface area contributed by atoms with Gasteiger partial charge in [-0.25, -0.2) is 8.78 Å². The molecule has 0 bridgehead atoms. The number of hydrogen-bond donors (Lipinski definition) is 0. The highest BCUT2D eigenvalue weighted by Gasteiger charge is 2.26. The lowest BCUT2D eigenvalue weighted by Crippen LogP contribution is -2.38. The van der Waals surface area contributed by atoms with Gasteiger partial charge < -0.3 is 4.90 Å². The number of likely N-dealkylation sites (tertiary alicyclic amines) is 1. The van der Waals surface area contributed by atoms with Gasteiger partial charge in [-0.2, -0.15) is 0 Å². The Morgan fingerprint density at radius 2 is 1.78 bits per heavy atom. The Balaban J connectivity index is 2.18. The van der Waals surface area contributed by atoms with Crippen LogP contribution in [0.1, 0.15) is 88.3 Å². The first kappa shape index (κ1) is 18.4. The molecule has 1 unspecified atom stereocenters. The molecule has 1 aliphatic rings. The van der Waals surface area contributed by atoms with E-state index in [4.69, 9.17) is 0 Å². The summed E-state index contributed by atoms with van der Waals surface area (Å²) in [7, 11) is 0. The van der Waals surface area contributed by atoms with Gasteiger partial charge in [0.1, 0.15) is 0 Å². The van der Waals surface area contributed by atoms with E-state index < -0.39 is 6.43 Å². The van der Waals surface area contributed by atoms with Crippen molar-refractivity contribution < 1.29 is 8.78 Å². The quantitative estimate of drug-likeness (QED) is 0.610. The maximum atomic E-state index is 13.6. The highest BCUT2D eigenvalue weighted by molar-refractivity contribution is 5.37. The summed E-state index contributed by atoms with van der Waals surface area (Å²) in [5.74, 6) is 0.638. The van der Waals surface area contributed by atoms with Crippen LogP contribution in [0.2, 0.25) is 0 Å². The summed E-state index contributed by atoms with van der Waals surface area (Å²) in [6.45, 7) is 10.7. The molecule has 3 heteroatoms. The average molecular weight is 323 g/mol. The number of hydrogen-bond acceptors (Lipinski definition) is 1. The normalized spacial score (nSPS) is 18.8. The van der Waals surface area contributed by atoms with E-state index in [9.17, 15) is 8.78 Å². The van der Waals surface area contributed by atoms with E-state index in [0.29, 0.717) is 12.0 Å². The van der Waals surface area contributed by atoms with Crippen molar-refractivity contribution in [1.82, 2.24) is 4.90 Å². The van der Waals surface area contributed by atoms with Crippen LogP contribution in [0.3, 0.4) is 0 Å². The second-order valence-corrected chi connectivity index (χ2v) is 7.28. The van der Waals surface area contributed by atoms with Crippen molar-refractivity contribution in [3.63, 3.8) is 0 Å². The van der Waals surface area contributed by atoms with E-state index >= 15 is 0 Å². The van der Waals surface area contributed by atoms with Crippen LogP contribution in [0.4, 0.5) is 8.78 Å². The van der Waals surface area contributed by atoms with Gasteiger partial charge in [0.2, 0.25) is 0 Å². The average Bonchev–Trinajstić information content (AvgIpc) is 2.54. The summed E-state index contributed by atoms with van der Waals surface area (Å²) < 4.78 is 27.2. The van der Waals surface area contributed by atoms with Crippen LogP contribution in [-0.4, -0.2) is 24.0 Å². The monoisotopic (exact) mass is 323 g/mol. The van der Waals surface area contributed by atoms with Crippen LogP contribution in [0.25, 0.3) is 0 Å². The summed E-state index contributed by atoms with van der Waals surface area (Å²) in [5, 5.41) is 0. The van der Waals surface area contributed by atoms with Gasteiger partial charge in [0, 0.05) is 11.6 Å². The fourth-order valence-electron chi connectivity index (χ4n) is 3.79. The molecule has 0 aliphatic carbocycles. The predicted molar refractivity (Wildman–Crippen MR) is 93.4 cm³/mol. The van der Waals surface area contributed by atoms with Crippen molar-refractivity contribution in [1.29, 1.82) is 0 Å². The zero-order valence-corrected chi connectivity index (χ0v) is 15.0. The van der Waals surface area contributed by atoms with Gasteiger partial charge in [-0.15, -0.1) is 0 Å². The standard InChI is InChI=1S/C20H31F2N/c1-5-6-15(4)17-7-8-18(19(13-17)20(21)22)16-9-11-23(12-10-16)14(2)3/h7-8,13-16,20H,5-6,9-12H2,1-4H3. The van der Waals surface area contributed by atoms with Crippen molar-refractivity contribution in [3.05, 3.63) is 34.9 Å². The molecule has 23 heavy (non-hydrogen) atoms. The third-order valence-electron chi connectivity index (χ3n) is 5.34. The van der Waals surface area contributed by atoms with E-state index in [-0.39, 0.29) is 11.5 Å². The van der Waals surface area contributed by atoms with E-state index in [1.807, 2.05) is 6.07 Å². The topological polar surface area (TPSA) is 3.24 Å².